The number of hydrogen-bond acceptors (Lipinski definition) is 3. The number of hydrogen-bond donors (Lipinski definition) is 0. The molecule has 21 heavy (non-hydrogen) atoms. The number of nitrogens with zero attached hydrogens (tertiary/aromatic N) is 3. The molecule has 0 saturated carbocycles. The third-order valence-corrected chi connectivity index (χ3v) is 4.45. The molecule has 1 aromatic rings. The van der Waals surface area contributed by atoms with Crippen LogP contribution in [0.2, 0.25) is 0 Å². The summed E-state index contributed by atoms with van der Waals surface area (Å²) >= 11 is 0. The van der Waals surface area contributed by atoms with Crippen molar-refractivity contribution in [1.29, 1.82) is 0 Å². The highest BCUT2D eigenvalue weighted by molar-refractivity contribution is 5.91. The van der Waals surface area contributed by atoms with Crippen molar-refractivity contribution < 1.29 is 4.79 Å². The first kappa shape index (κ1) is 14.3. The highest BCUT2D eigenvalue weighted by Crippen LogP contribution is 2.20. The van der Waals surface area contributed by atoms with Gasteiger partial charge in [-0.05, 0) is 57.0 Å². The zero-order valence-corrected chi connectivity index (χ0v) is 12.4. The highest BCUT2D eigenvalue weighted by Gasteiger charge is 2.28. The van der Waals surface area contributed by atoms with E-state index in [2.05, 4.69) is 9.88 Å². The van der Waals surface area contributed by atoms with Crippen molar-refractivity contribution in [3.63, 3.8) is 0 Å². The molecule has 2 aliphatic rings. The van der Waals surface area contributed by atoms with Crippen molar-refractivity contribution in [1.82, 2.24) is 14.8 Å². The van der Waals surface area contributed by atoms with Gasteiger partial charge in [0.1, 0.15) is 0 Å². The van der Waals surface area contributed by atoms with E-state index in [1.54, 1.807) is 12.3 Å². The Labute approximate surface area is 126 Å². The topological polar surface area (TPSA) is 36.4 Å². The van der Waals surface area contributed by atoms with E-state index in [0.29, 0.717) is 6.04 Å². The van der Waals surface area contributed by atoms with Crippen molar-refractivity contribution >= 4 is 12.0 Å². The number of pyridine rings is 1. The summed E-state index contributed by atoms with van der Waals surface area (Å²) in [5.41, 5.74) is 0.832. The van der Waals surface area contributed by atoms with E-state index >= 15 is 0 Å². The first-order valence-electron chi connectivity index (χ1n) is 7.95. The largest absolute Gasteiger partial charge is 0.338 e. The van der Waals surface area contributed by atoms with E-state index in [-0.39, 0.29) is 5.91 Å². The summed E-state index contributed by atoms with van der Waals surface area (Å²) in [5, 5.41) is 0. The molecule has 0 bridgehead atoms. The Hall–Kier alpha value is -1.68. The predicted octanol–water partition coefficient (Wildman–Crippen LogP) is 2.18. The molecule has 0 unspecified atom stereocenters. The van der Waals surface area contributed by atoms with Crippen LogP contribution in [0.3, 0.4) is 0 Å². The van der Waals surface area contributed by atoms with E-state index < -0.39 is 0 Å². The standard InChI is InChI=1S/C17H23N3O/c21-17(9-8-15-6-1-2-10-18-15)20-13-5-7-16(14-20)19-11-3-4-12-19/h1-2,6,8-10,16H,3-5,7,11-14H2/b9-8+/t16-/m1/s1. The second kappa shape index (κ2) is 6.85. The molecule has 2 saturated heterocycles. The van der Waals surface area contributed by atoms with Crippen LogP contribution in [0, 0.1) is 0 Å². The molecule has 3 rings (SSSR count). The lowest BCUT2D eigenvalue weighted by molar-refractivity contribution is -0.127. The van der Waals surface area contributed by atoms with Crippen molar-refractivity contribution in [3.05, 3.63) is 36.2 Å². The Bertz CT molecular complexity index is 494. The van der Waals surface area contributed by atoms with E-state index in [0.717, 1.165) is 25.2 Å². The van der Waals surface area contributed by atoms with Crippen LogP contribution in [-0.4, -0.2) is 52.9 Å². The molecule has 0 aliphatic carbocycles. The molecule has 0 radical (unpaired) electrons. The minimum absolute atomic E-state index is 0.115. The quantitative estimate of drug-likeness (QED) is 0.799. The Morgan fingerprint density at radius 2 is 2.05 bits per heavy atom. The van der Waals surface area contributed by atoms with Crippen molar-refractivity contribution in [3.8, 4) is 0 Å². The summed E-state index contributed by atoms with van der Waals surface area (Å²) in [5.74, 6) is 0.115. The number of piperidine rings is 1. The lowest BCUT2D eigenvalue weighted by Gasteiger charge is -2.37. The Morgan fingerprint density at radius 1 is 1.19 bits per heavy atom. The molecular weight excluding hydrogens is 262 g/mol. The van der Waals surface area contributed by atoms with Crippen LogP contribution in [0.15, 0.2) is 30.5 Å². The highest BCUT2D eigenvalue weighted by atomic mass is 16.2. The van der Waals surface area contributed by atoms with Gasteiger partial charge in [0.05, 0.1) is 5.69 Å². The van der Waals surface area contributed by atoms with Crippen LogP contribution in [-0.2, 0) is 4.79 Å². The van der Waals surface area contributed by atoms with E-state index in [1.807, 2.05) is 29.2 Å². The van der Waals surface area contributed by atoms with Gasteiger partial charge in [-0.25, -0.2) is 0 Å². The monoisotopic (exact) mass is 285 g/mol. The van der Waals surface area contributed by atoms with Crippen molar-refractivity contribution in [2.45, 2.75) is 31.7 Å². The normalized spacial score (nSPS) is 23.8. The molecule has 4 heteroatoms. The zero-order chi connectivity index (χ0) is 14.5. The molecule has 0 aromatic carbocycles. The van der Waals surface area contributed by atoms with Crippen LogP contribution in [0.5, 0.6) is 0 Å². The third-order valence-electron chi connectivity index (χ3n) is 4.45. The van der Waals surface area contributed by atoms with Crippen LogP contribution in [0.4, 0.5) is 0 Å². The molecule has 2 fully saturated rings. The van der Waals surface area contributed by atoms with Gasteiger partial charge in [0.2, 0.25) is 5.91 Å². The van der Waals surface area contributed by atoms with E-state index in [1.165, 1.54) is 32.4 Å². The van der Waals surface area contributed by atoms with E-state index in [4.69, 9.17) is 0 Å². The van der Waals surface area contributed by atoms with Crippen LogP contribution in [0.1, 0.15) is 31.4 Å². The van der Waals surface area contributed by atoms with Gasteiger partial charge in [-0.2, -0.15) is 0 Å². The molecule has 1 aromatic heterocycles. The third kappa shape index (κ3) is 3.70. The summed E-state index contributed by atoms with van der Waals surface area (Å²) in [6, 6.07) is 6.28. The molecule has 3 heterocycles. The number of likely N-dealkylation sites (tertiary alicyclic amines) is 2. The molecule has 112 valence electrons. The number of carbonyl (C=O) groups excluding carboxylic acids is 1. The van der Waals surface area contributed by atoms with E-state index in [9.17, 15) is 4.79 Å². The fourth-order valence-electron chi connectivity index (χ4n) is 3.30. The Balaban J connectivity index is 1.58. The van der Waals surface area contributed by atoms with Gasteiger partial charge in [0, 0.05) is 31.4 Å². The van der Waals surface area contributed by atoms with Gasteiger partial charge < -0.3 is 4.90 Å². The first-order chi connectivity index (χ1) is 10.3. The maximum atomic E-state index is 12.3. The second-order valence-corrected chi connectivity index (χ2v) is 5.91. The second-order valence-electron chi connectivity index (χ2n) is 5.91. The molecular formula is C17H23N3O. The van der Waals surface area contributed by atoms with Crippen molar-refractivity contribution in [2.75, 3.05) is 26.2 Å². The average Bonchev–Trinajstić information content (AvgIpc) is 3.08. The van der Waals surface area contributed by atoms with Gasteiger partial charge in [-0.1, -0.05) is 6.07 Å². The summed E-state index contributed by atoms with van der Waals surface area (Å²) in [6.45, 7) is 4.17. The molecule has 4 nitrogen and oxygen atoms in total. The van der Waals surface area contributed by atoms with Crippen LogP contribution >= 0.6 is 0 Å². The summed E-state index contributed by atoms with van der Waals surface area (Å²) in [4.78, 5) is 21.1. The Morgan fingerprint density at radius 3 is 2.81 bits per heavy atom. The number of amides is 1. The predicted molar refractivity (Wildman–Crippen MR) is 83.7 cm³/mol. The van der Waals surface area contributed by atoms with Gasteiger partial charge in [-0.15, -0.1) is 0 Å². The molecule has 0 N–H and O–H groups in total. The smallest absolute Gasteiger partial charge is 0.246 e. The van der Waals surface area contributed by atoms with Gasteiger partial charge in [0.25, 0.3) is 0 Å². The molecule has 2 aliphatic heterocycles. The summed E-state index contributed by atoms with van der Waals surface area (Å²) in [7, 11) is 0. The zero-order valence-electron chi connectivity index (χ0n) is 12.4. The van der Waals surface area contributed by atoms with Crippen LogP contribution < -0.4 is 0 Å². The SMILES string of the molecule is O=C(/C=C/c1ccccn1)N1CCC[C@@H](N2CCCC2)C1. The minimum atomic E-state index is 0.115. The minimum Gasteiger partial charge on any atom is -0.338 e. The fraction of sp³-hybridized carbons (Fsp3) is 0.529. The number of carbonyl (C=O) groups is 1. The fourth-order valence-corrected chi connectivity index (χ4v) is 3.30. The van der Waals surface area contributed by atoms with Crippen molar-refractivity contribution in [2.24, 2.45) is 0 Å². The summed E-state index contributed by atoms with van der Waals surface area (Å²) < 4.78 is 0. The summed E-state index contributed by atoms with van der Waals surface area (Å²) in [6.07, 6.45) is 10.2. The van der Waals surface area contributed by atoms with Gasteiger partial charge in [-0.3, -0.25) is 14.7 Å². The molecule has 0 spiro atoms. The lowest BCUT2D eigenvalue weighted by atomic mass is 10.0. The van der Waals surface area contributed by atoms with Gasteiger partial charge in [0.15, 0.2) is 0 Å². The maximum Gasteiger partial charge on any atom is 0.246 e. The lowest BCUT2D eigenvalue weighted by Crippen LogP contribution is -2.48. The van der Waals surface area contributed by atoms with Crippen LogP contribution in [0.25, 0.3) is 6.08 Å². The molecule has 1 atom stereocenters. The number of aromatic nitrogens is 1. The maximum absolute atomic E-state index is 12.3. The first-order valence-corrected chi connectivity index (χ1v) is 7.95. The Kier molecular flexibility index (Phi) is 4.65. The van der Waals surface area contributed by atoms with Gasteiger partial charge >= 0.3 is 0 Å². The number of rotatable bonds is 3. The molecule has 1 amide bonds. The average molecular weight is 285 g/mol.